The zero-order valence-electron chi connectivity index (χ0n) is 19.9. The molecule has 6 aromatic rings. The van der Waals surface area contributed by atoms with E-state index >= 15 is 0 Å². The van der Waals surface area contributed by atoms with Crippen LogP contribution in [0.25, 0.3) is 49.6 Å². The van der Waals surface area contributed by atoms with Crippen molar-refractivity contribution in [3.8, 4) is 27.4 Å². The number of esters is 1. The average molecular weight is 490 g/mol. The van der Waals surface area contributed by atoms with Gasteiger partial charge < -0.3 is 4.74 Å². The maximum atomic E-state index is 13.4. The minimum absolute atomic E-state index is 0.296. The molecule has 0 aliphatic rings. The Balaban J connectivity index is 1.69. The fourth-order valence-corrected chi connectivity index (χ4v) is 5.54. The van der Waals surface area contributed by atoms with E-state index in [4.69, 9.17) is 14.7 Å². The van der Waals surface area contributed by atoms with Crippen LogP contribution in [0.1, 0.15) is 22.8 Å². The van der Waals surface area contributed by atoms with E-state index in [0.29, 0.717) is 17.8 Å². The van der Waals surface area contributed by atoms with Gasteiger partial charge in [-0.15, -0.1) is 11.3 Å². The third-order valence-electron chi connectivity index (χ3n) is 6.19. The second-order valence-electron chi connectivity index (χ2n) is 8.57. The smallest absolute Gasteiger partial charge is 0.341 e. The minimum atomic E-state index is -0.349. The summed E-state index contributed by atoms with van der Waals surface area (Å²) in [5.74, 6) is -0.349. The van der Waals surface area contributed by atoms with E-state index in [-0.39, 0.29) is 5.97 Å². The first kappa shape index (κ1) is 22.2. The molecule has 3 heterocycles. The van der Waals surface area contributed by atoms with Gasteiger partial charge in [0.2, 0.25) is 0 Å². The number of carbonyl (C=O) groups is 1. The fourth-order valence-electron chi connectivity index (χ4n) is 4.46. The monoisotopic (exact) mass is 489 g/mol. The summed E-state index contributed by atoms with van der Waals surface area (Å²) in [4.78, 5) is 23.3. The number of ether oxygens (including phenoxy) is 1. The van der Waals surface area contributed by atoms with Crippen molar-refractivity contribution >= 4 is 39.5 Å². The van der Waals surface area contributed by atoms with Gasteiger partial charge in [0.15, 0.2) is 5.65 Å². The first-order valence-corrected chi connectivity index (χ1v) is 12.7. The van der Waals surface area contributed by atoms with Crippen LogP contribution in [0.15, 0.2) is 90.3 Å². The van der Waals surface area contributed by atoms with Gasteiger partial charge in [0, 0.05) is 10.9 Å². The Morgan fingerprint density at radius 2 is 1.56 bits per heavy atom. The van der Waals surface area contributed by atoms with Crippen LogP contribution in [0.4, 0.5) is 0 Å². The Hall–Kier alpha value is -4.29. The molecule has 3 aromatic carbocycles. The molecule has 176 valence electrons. The molecule has 0 aliphatic carbocycles. The first-order chi connectivity index (χ1) is 17.6. The molecule has 0 saturated heterocycles. The topological polar surface area (TPSA) is 57.0 Å². The zero-order chi connectivity index (χ0) is 24.6. The number of para-hydroxylation sites is 2. The highest BCUT2D eigenvalue weighted by Crippen LogP contribution is 2.40. The summed E-state index contributed by atoms with van der Waals surface area (Å²) in [5.41, 5.74) is 8.59. The van der Waals surface area contributed by atoms with Gasteiger partial charge in [-0.2, -0.15) is 0 Å². The van der Waals surface area contributed by atoms with Crippen molar-refractivity contribution in [3.63, 3.8) is 0 Å². The summed E-state index contributed by atoms with van der Waals surface area (Å²) in [6.07, 6.45) is 0. The van der Waals surface area contributed by atoms with Crippen molar-refractivity contribution in [2.24, 2.45) is 0 Å². The summed E-state index contributed by atoms with van der Waals surface area (Å²) in [5, 5.41) is 2.79. The van der Waals surface area contributed by atoms with E-state index in [1.165, 1.54) is 16.9 Å². The first-order valence-electron chi connectivity index (χ1n) is 11.8. The lowest BCUT2D eigenvalue weighted by molar-refractivity contribution is 0.0528. The molecule has 0 radical (unpaired) electrons. The maximum absolute atomic E-state index is 13.4. The Morgan fingerprint density at radius 3 is 2.28 bits per heavy atom. The highest BCUT2D eigenvalue weighted by Gasteiger charge is 2.26. The molecular formula is C30H23N3O2S. The minimum Gasteiger partial charge on any atom is -0.462 e. The number of nitrogens with zero attached hydrogens (tertiary/aromatic N) is 3. The predicted octanol–water partition coefficient (Wildman–Crippen LogP) is 7.45. The lowest BCUT2D eigenvalue weighted by atomic mass is 10.0. The van der Waals surface area contributed by atoms with Crippen LogP contribution < -0.4 is 0 Å². The van der Waals surface area contributed by atoms with Gasteiger partial charge in [0.05, 0.1) is 23.3 Å². The standard InChI is InChI=1S/C30H23N3O2S/c1-3-35-30(34)27-22(20-9-5-4-6-10-20)18-36-29(27)33-26(21-15-13-19(2)14-16-21)17-25-28(33)32-24-12-8-7-11-23(24)31-25/h4-18H,3H2,1-2H3. The van der Waals surface area contributed by atoms with Gasteiger partial charge in [-0.05, 0) is 43.2 Å². The molecule has 0 saturated carbocycles. The number of rotatable bonds is 5. The predicted molar refractivity (Wildman–Crippen MR) is 146 cm³/mol. The summed E-state index contributed by atoms with van der Waals surface area (Å²) in [6.45, 7) is 4.19. The van der Waals surface area contributed by atoms with E-state index in [1.807, 2.05) is 66.9 Å². The van der Waals surface area contributed by atoms with Crippen LogP contribution in [0.3, 0.4) is 0 Å². The molecule has 0 unspecified atom stereocenters. The van der Waals surface area contributed by atoms with Crippen LogP contribution in [-0.2, 0) is 4.74 Å². The van der Waals surface area contributed by atoms with Crippen molar-refractivity contribution in [1.82, 2.24) is 14.5 Å². The van der Waals surface area contributed by atoms with E-state index < -0.39 is 0 Å². The normalized spacial score (nSPS) is 11.3. The number of hydrogen-bond acceptors (Lipinski definition) is 5. The summed E-state index contributed by atoms with van der Waals surface area (Å²) in [7, 11) is 0. The third kappa shape index (κ3) is 3.76. The van der Waals surface area contributed by atoms with E-state index in [2.05, 4.69) is 41.8 Å². The quantitative estimate of drug-likeness (QED) is 0.236. The summed E-state index contributed by atoms with van der Waals surface area (Å²) in [6, 6.07) is 28.2. The highest BCUT2D eigenvalue weighted by molar-refractivity contribution is 7.13. The van der Waals surface area contributed by atoms with Crippen molar-refractivity contribution in [2.45, 2.75) is 13.8 Å². The molecule has 0 bridgehead atoms. The third-order valence-corrected chi connectivity index (χ3v) is 7.15. The molecule has 5 nitrogen and oxygen atoms in total. The van der Waals surface area contributed by atoms with Crippen molar-refractivity contribution < 1.29 is 9.53 Å². The second kappa shape index (κ2) is 9.06. The molecule has 0 aliphatic heterocycles. The summed E-state index contributed by atoms with van der Waals surface area (Å²) >= 11 is 1.51. The molecule has 6 heteroatoms. The van der Waals surface area contributed by atoms with E-state index in [1.54, 1.807) is 0 Å². The van der Waals surface area contributed by atoms with Gasteiger partial charge in [0.25, 0.3) is 0 Å². The van der Waals surface area contributed by atoms with Crippen LogP contribution in [0, 0.1) is 6.92 Å². The number of hydrogen-bond donors (Lipinski definition) is 0. The molecular weight excluding hydrogens is 466 g/mol. The molecule has 0 fully saturated rings. The number of aromatic nitrogens is 3. The van der Waals surface area contributed by atoms with Gasteiger partial charge in [0.1, 0.15) is 16.1 Å². The van der Waals surface area contributed by atoms with Crippen molar-refractivity contribution in [1.29, 1.82) is 0 Å². The Kier molecular flexibility index (Phi) is 5.58. The zero-order valence-corrected chi connectivity index (χ0v) is 20.8. The molecule has 0 amide bonds. The highest BCUT2D eigenvalue weighted by atomic mass is 32.1. The average Bonchev–Trinajstić information content (AvgIpc) is 3.50. The number of thiophene rings is 1. The van der Waals surface area contributed by atoms with Crippen LogP contribution in [0.5, 0.6) is 0 Å². The molecule has 0 atom stereocenters. The molecule has 3 aromatic heterocycles. The van der Waals surface area contributed by atoms with Crippen LogP contribution in [-0.4, -0.2) is 27.1 Å². The Morgan fingerprint density at radius 1 is 0.861 bits per heavy atom. The summed E-state index contributed by atoms with van der Waals surface area (Å²) < 4.78 is 7.61. The van der Waals surface area contributed by atoms with Gasteiger partial charge in [-0.3, -0.25) is 4.57 Å². The van der Waals surface area contributed by atoms with E-state index in [0.717, 1.165) is 43.9 Å². The molecule has 6 rings (SSSR count). The van der Waals surface area contributed by atoms with Gasteiger partial charge in [-0.1, -0.05) is 72.3 Å². The number of aryl methyl sites for hydroxylation is 1. The van der Waals surface area contributed by atoms with Crippen LogP contribution in [0.2, 0.25) is 0 Å². The number of benzene rings is 3. The van der Waals surface area contributed by atoms with Crippen LogP contribution >= 0.6 is 11.3 Å². The fraction of sp³-hybridized carbons (Fsp3) is 0.100. The second-order valence-corrected chi connectivity index (χ2v) is 9.43. The Bertz CT molecular complexity index is 1720. The SMILES string of the molecule is CCOC(=O)c1c(-c2ccccc2)csc1-n1c(-c2ccc(C)cc2)cc2nc3ccccc3nc21. The Labute approximate surface area is 212 Å². The van der Waals surface area contributed by atoms with Crippen molar-refractivity contribution in [3.05, 3.63) is 101 Å². The lowest BCUT2D eigenvalue weighted by Gasteiger charge is -2.13. The number of carbonyl (C=O) groups excluding carboxylic acids is 1. The number of fused-ring (bicyclic) bond motifs is 2. The van der Waals surface area contributed by atoms with Gasteiger partial charge in [-0.25, -0.2) is 14.8 Å². The lowest BCUT2D eigenvalue weighted by Crippen LogP contribution is -2.09. The molecule has 0 N–H and O–H groups in total. The van der Waals surface area contributed by atoms with E-state index in [9.17, 15) is 4.79 Å². The maximum Gasteiger partial charge on any atom is 0.341 e. The van der Waals surface area contributed by atoms with Crippen molar-refractivity contribution in [2.75, 3.05) is 6.61 Å². The molecule has 36 heavy (non-hydrogen) atoms. The molecule has 0 spiro atoms. The largest absolute Gasteiger partial charge is 0.462 e. The van der Waals surface area contributed by atoms with Gasteiger partial charge >= 0.3 is 5.97 Å².